The summed E-state index contributed by atoms with van der Waals surface area (Å²) in [6, 6.07) is 15.5. The number of carbonyl (C=O) groups is 1. The van der Waals surface area contributed by atoms with Crippen molar-refractivity contribution >= 4 is 11.6 Å². The van der Waals surface area contributed by atoms with Crippen LogP contribution in [0.25, 0.3) is 0 Å². The topological polar surface area (TPSA) is 49.3 Å². The number of unbranched alkanes of at least 4 members (excludes halogenated alkanes) is 5. The minimum absolute atomic E-state index is 0.0916. The number of amides is 1. The summed E-state index contributed by atoms with van der Waals surface area (Å²) >= 11 is 0. The summed E-state index contributed by atoms with van der Waals surface area (Å²) in [5, 5.41) is 11.9. The van der Waals surface area contributed by atoms with Crippen LogP contribution in [-0.4, -0.2) is 17.6 Å². The van der Waals surface area contributed by atoms with E-state index in [1.807, 2.05) is 36.4 Å². The van der Waals surface area contributed by atoms with E-state index in [1.54, 1.807) is 0 Å². The monoisotopic (exact) mass is 353 g/mol. The Bertz CT molecular complexity index is 647. The van der Waals surface area contributed by atoms with Gasteiger partial charge in [-0.2, -0.15) is 0 Å². The molecular formula is C23H31NO2. The number of carbonyl (C=O) groups excluding carboxylic acids is 1. The molecular weight excluding hydrogens is 322 g/mol. The molecule has 3 heteroatoms. The van der Waals surface area contributed by atoms with E-state index in [-0.39, 0.29) is 12.5 Å². The molecule has 1 amide bonds. The van der Waals surface area contributed by atoms with Crippen LogP contribution >= 0.6 is 0 Å². The van der Waals surface area contributed by atoms with Crippen LogP contribution < -0.4 is 5.32 Å². The van der Waals surface area contributed by atoms with E-state index < -0.39 is 0 Å². The summed E-state index contributed by atoms with van der Waals surface area (Å²) in [7, 11) is 0. The zero-order valence-corrected chi connectivity index (χ0v) is 15.8. The van der Waals surface area contributed by atoms with E-state index in [1.165, 1.54) is 44.1 Å². The number of hydrogen-bond donors (Lipinski definition) is 2. The van der Waals surface area contributed by atoms with E-state index in [9.17, 15) is 4.79 Å². The van der Waals surface area contributed by atoms with Crippen molar-refractivity contribution in [2.45, 2.75) is 58.3 Å². The zero-order chi connectivity index (χ0) is 18.6. The van der Waals surface area contributed by atoms with Crippen molar-refractivity contribution in [3.8, 4) is 0 Å². The largest absolute Gasteiger partial charge is 0.396 e. The molecule has 2 rings (SSSR count). The Morgan fingerprint density at radius 2 is 1.38 bits per heavy atom. The first-order valence-electron chi connectivity index (χ1n) is 9.83. The lowest BCUT2D eigenvalue weighted by molar-refractivity contribution is 0.102. The van der Waals surface area contributed by atoms with Crippen LogP contribution in [0.5, 0.6) is 0 Å². The van der Waals surface area contributed by atoms with Gasteiger partial charge in [0.15, 0.2) is 0 Å². The van der Waals surface area contributed by atoms with Gasteiger partial charge in [0.05, 0.1) is 0 Å². The maximum absolute atomic E-state index is 12.3. The number of aliphatic hydroxyl groups is 1. The Morgan fingerprint density at radius 3 is 2.04 bits per heavy atom. The van der Waals surface area contributed by atoms with E-state index in [4.69, 9.17) is 5.11 Å². The highest BCUT2D eigenvalue weighted by atomic mass is 16.2. The van der Waals surface area contributed by atoms with Gasteiger partial charge >= 0.3 is 0 Å². The number of aliphatic hydroxyl groups excluding tert-OH is 1. The normalized spacial score (nSPS) is 10.7. The van der Waals surface area contributed by atoms with Gasteiger partial charge in [-0.1, -0.05) is 63.3 Å². The quantitative estimate of drug-likeness (QED) is 0.533. The van der Waals surface area contributed by atoms with Crippen molar-refractivity contribution < 1.29 is 9.90 Å². The van der Waals surface area contributed by atoms with E-state index in [2.05, 4.69) is 24.4 Å². The van der Waals surface area contributed by atoms with Gasteiger partial charge in [0, 0.05) is 17.9 Å². The molecule has 0 atom stereocenters. The predicted octanol–water partition coefficient (Wildman–Crippen LogP) is 5.38. The molecule has 3 nitrogen and oxygen atoms in total. The van der Waals surface area contributed by atoms with Gasteiger partial charge in [-0.25, -0.2) is 0 Å². The lowest BCUT2D eigenvalue weighted by Crippen LogP contribution is -2.11. The molecule has 2 aromatic rings. The van der Waals surface area contributed by atoms with Gasteiger partial charge in [-0.3, -0.25) is 4.79 Å². The van der Waals surface area contributed by atoms with Gasteiger partial charge < -0.3 is 10.4 Å². The van der Waals surface area contributed by atoms with Crippen molar-refractivity contribution in [1.82, 2.24) is 0 Å². The molecule has 0 saturated carbocycles. The van der Waals surface area contributed by atoms with Crippen molar-refractivity contribution in [3.05, 3.63) is 65.2 Å². The van der Waals surface area contributed by atoms with E-state index in [0.29, 0.717) is 12.0 Å². The third-order valence-electron chi connectivity index (χ3n) is 4.65. The highest BCUT2D eigenvalue weighted by Gasteiger charge is 2.06. The van der Waals surface area contributed by atoms with Gasteiger partial charge in [0.2, 0.25) is 0 Å². The SMILES string of the molecule is CCCCCCCCc1ccc(C(=O)Nc2ccc(CCO)cc2)cc1. The molecule has 140 valence electrons. The smallest absolute Gasteiger partial charge is 0.255 e. The molecule has 2 N–H and O–H groups in total. The maximum Gasteiger partial charge on any atom is 0.255 e. The fourth-order valence-electron chi connectivity index (χ4n) is 3.02. The number of aryl methyl sites for hydroxylation is 1. The molecule has 0 saturated heterocycles. The third-order valence-corrected chi connectivity index (χ3v) is 4.65. The van der Waals surface area contributed by atoms with Crippen LogP contribution in [0.1, 0.15) is 66.9 Å². The fraction of sp³-hybridized carbons (Fsp3) is 0.435. The van der Waals surface area contributed by atoms with E-state index >= 15 is 0 Å². The molecule has 0 bridgehead atoms. The Morgan fingerprint density at radius 1 is 0.808 bits per heavy atom. The van der Waals surface area contributed by atoms with Crippen LogP contribution in [0.15, 0.2) is 48.5 Å². The summed E-state index contributed by atoms with van der Waals surface area (Å²) in [6.45, 7) is 2.38. The third kappa shape index (κ3) is 7.01. The highest BCUT2D eigenvalue weighted by Crippen LogP contribution is 2.14. The van der Waals surface area contributed by atoms with Crippen molar-refractivity contribution in [1.29, 1.82) is 0 Å². The average molecular weight is 354 g/mol. The second-order valence-electron chi connectivity index (χ2n) is 6.84. The number of benzene rings is 2. The minimum Gasteiger partial charge on any atom is -0.396 e. The number of nitrogens with one attached hydrogen (secondary N) is 1. The number of hydrogen-bond acceptors (Lipinski definition) is 2. The van der Waals surface area contributed by atoms with Gasteiger partial charge in [0.1, 0.15) is 0 Å². The Hall–Kier alpha value is -2.13. The molecule has 0 heterocycles. The lowest BCUT2D eigenvalue weighted by Gasteiger charge is -2.07. The molecule has 0 aliphatic rings. The second-order valence-corrected chi connectivity index (χ2v) is 6.84. The molecule has 0 spiro atoms. The summed E-state index contributed by atoms with van der Waals surface area (Å²) in [4.78, 5) is 12.3. The van der Waals surface area contributed by atoms with Gasteiger partial charge in [0.25, 0.3) is 5.91 Å². The Labute approximate surface area is 157 Å². The molecule has 0 aliphatic carbocycles. The first-order valence-corrected chi connectivity index (χ1v) is 9.83. The summed E-state index contributed by atoms with van der Waals surface area (Å²) in [5.74, 6) is -0.0916. The Balaban J connectivity index is 1.78. The molecule has 26 heavy (non-hydrogen) atoms. The van der Waals surface area contributed by atoms with Crippen molar-refractivity contribution in [3.63, 3.8) is 0 Å². The second kappa shape index (κ2) is 11.5. The van der Waals surface area contributed by atoms with Crippen LogP contribution in [0.3, 0.4) is 0 Å². The standard InChI is InChI=1S/C23H31NO2/c1-2-3-4-5-6-7-8-19-9-13-21(14-10-19)23(26)24-22-15-11-20(12-16-22)17-18-25/h9-16,25H,2-8,17-18H2,1H3,(H,24,26). The van der Waals surface area contributed by atoms with Crippen molar-refractivity contribution in [2.24, 2.45) is 0 Å². The van der Waals surface area contributed by atoms with Gasteiger partial charge in [-0.15, -0.1) is 0 Å². The van der Waals surface area contributed by atoms with Crippen LogP contribution in [0, 0.1) is 0 Å². The molecule has 0 unspecified atom stereocenters. The maximum atomic E-state index is 12.3. The highest BCUT2D eigenvalue weighted by molar-refractivity contribution is 6.04. The molecule has 2 aromatic carbocycles. The fourth-order valence-corrected chi connectivity index (χ4v) is 3.02. The first kappa shape index (κ1) is 20.2. The van der Waals surface area contributed by atoms with Crippen LogP contribution in [-0.2, 0) is 12.8 Å². The van der Waals surface area contributed by atoms with Crippen LogP contribution in [0.2, 0.25) is 0 Å². The first-order chi connectivity index (χ1) is 12.7. The summed E-state index contributed by atoms with van der Waals surface area (Å²) < 4.78 is 0. The number of rotatable bonds is 11. The average Bonchev–Trinajstić information content (AvgIpc) is 2.67. The summed E-state index contributed by atoms with van der Waals surface area (Å²) in [5.41, 5.74) is 3.80. The molecule has 0 aromatic heterocycles. The number of anilines is 1. The Kier molecular flexibility index (Phi) is 8.91. The molecule has 0 aliphatic heterocycles. The lowest BCUT2D eigenvalue weighted by atomic mass is 10.0. The summed E-state index contributed by atoms with van der Waals surface area (Å²) in [6.07, 6.45) is 9.52. The molecule has 0 radical (unpaired) electrons. The van der Waals surface area contributed by atoms with Gasteiger partial charge in [-0.05, 0) is 54.7 Å². The molecule has 0 fully saturated rings. The predicted molar refractivity (Wildman–Crippen MR) is 109 cm³/mol. The van der Waals surface area contributed by atoms with Crippen molar-refractivity contribution in [2.75, 3.05) is 11.9 Å². The van der Waals surface area contributed by atoms with E-state index in [0.717, 1.165) is 17.7 Å². The van der Waals surface area contributed by atoms with Crippen LogP contribution in [0.4, 0.5) is 5.69 Å². The minimum atomic E-state index is -0.0916. The zero-order valence-electron chi connectivity index (χ0n) is 15.8.